The maximum atomic E-state index is 12.7. The molecule has 5 nitrogen and oxygen atoms in total. The molecule has 3 rings (SSSR count). The molecule has 0 N–H and O–H groups in total. The first-order chi connectivity index (χ1) is 13.2. The summed E-state index contributed by atoms with van der Waals surface area (Å²) in [5, 5.41) is 0. The van der Waals surface area contributed by atoms with Crippen LogP contribution in [0.15, 0.2) is 53.4 Å². The number of halogens is 3. The van der Waals surface area contributed by atoms with Crippen LogP contribution in [0.2, 0.25) is 0 Å². The predicted molar refractivity (Wildman–Crippen MR) is 99.6 cm³/mol. The second-order valence-corrected chi connectivity index (χ2v) is 8.59. The molecule has 0 saturated carbocycles. The first-order valence-corrected chi connectivity index (χ1v) is 10.2. The summed E-state index contributed by atoms with van der Waals surface area (Å²) in [5.41, 5.74) is 0.947. The standard InChI is InChI=1S/C19H21F3N2O3S/c1-23(28(25,26)18-8-4-16(5-9-18)19(20,21)22)14-15-2-6-17(7-3-15)24-10-12-27-13-11-24/h2-9H,10-14H2,1H3. The van der Waals surface area contributed by atoms with Gasteiger partial charge in [-0.25, -0.2) is 8.42 Å². The van der Waals surface area contributed by atoms with Gasteiger partial charge in [-0.15, -0.1) is 0 Å². The van der Waals surface area contributed by atoms with Crippen LogP contribution >= 0.6 is 0 Å². The Morgan fingerprint density at radius 1 is 1.00 bits per heavy atom. The van der Waals surface area contributed by atoms with Gasteiger partial charge in [-0.2, -0.15) is 17.5 Å². The molecule has 1 aliphatic heterocycles. The van der Waals surface area contributed by atoms with Gasteiger partial charge >= 0.3 is 6.18 Å². The molecule has 0 aliphatic carbocycles. The molecular weight excluding hydrogens is 393 g/mol. The Labute approximate surface area is 162 Å². The largest absolute Gasteiger partial charge is 0.416 e. The average Bonchev–Trinajstić information content (AvgIpc) is 2.68. The van der Waals surface area contributed by atoms with E-state index in [1.165, 1.54) is 7.05 Å². The minimum Gasteiger partial charge on any atom is -0.378 e. The Morgan fingerprint density at radius 2 is 1.57 bits per heavy atom. The second kappa shape index (κ2) is 8.10. The van der Waals surface area contributed by atoms with Crippen LogP contribution < -0.4 is 4.90 Å². The fourth-order valence-electron chi connectivity index (χ4n) is 2.97. The Kier molecular flexibility index (Phi) is 5.97. The molecule has 0 bridgehead atoms. The van der Waals surface area contributed by atoms with Gasteiger partial charge in [0.25, 0.3) is 0 Å². The highest BCUT2D eigenvalue weighted by Gasteiger charge is 2.31. The number of alkyl halides is 3. The number of rotatable bonds is 5. The van der Waals surface area contributed by atoms with Crippen molar-refractivity contribution >= 4 is 15.7 Å². The Balaban J connectivity index is 1.69. The summed E-state index contributed by atoms with van der Waals surface area (Å²) in [6.07, 6.45) is -4.50. The lowest BCUT2D eigenvalue weighted by Crippen LogP contribution is -2.36. The van der Waals surface area contributed by atoms with Gasteiger partial charge in [0.15, 0.2) is 0 Å². The SMILES string of the molecule is CN(Cc1ccc(N2CCOCC2)cc1)S(=O)(=O)c1ccc(C(F)(F)F)cc1. The molecule has 1 aliphatic rings. The highest BCUT2D eigenvalue weighted by molar-refractivity contribution is 7.89. The zero-order valence-electron chi connectivity index (χ0n) is 15.3. The van der Waals surface area contributed by atoms with Crippen molar-refractivity contribution in [3.63, 3.8) is 0 Å². The second-order valence-electron chi connectivity index (χ2n) is 6.55. The number of anilines is 1. The summed E-state index contributed by atoms with van der Waals surface area (Å²) in [4.78, 5) is 2.02. The van der Waals surface area contributed by atoms with E-state index in [1.807, 2.05) is 24.3 Å². The maximum absolute atomic E-state index is 12.7. The Bertz CT molecular complexity index is 892. The van der Waals surface area contributed by atoms with Crippen LogP contribution in [0.3, 0.4) is 0 Å². The minimum absolute atomic E-state index is 0.118. The van der Waals surface area contributed by atoms with Crippen molar-refractivity contribution < 1.29 is 26.3 Å². The number of hydrogen-bond donors (Lipinski definition) is 0. The van der Waals surface area contributed by atoms with Crippen molar-refractivity contribution in [3.8, 4) is 0 Å². The summed E-state index contributed by atoms with van der Waals surface area (Å²) < 4.78 is 69.7. The van der Waals surface area contributed by atoms with E-state index >= 15 is 0 Å². The molecule has 0 amide bonds. The van der Waals surface area contributed by atoms with E-state index in [9.17, 15) is 21.6 Å². The lowest BCUT2D eigenvalue weighted by Gasteiger charge is -2.29. The molecule has 1 saturated heterocycles. The zero-order chi connectivity index (χ0) is 20.4. The first-order valence-electron chi connectivity index (χ1n) is 8.73. The third-order valence-corrected chi connectivity index (χ3v) is 6.43. The van der Waals surface area contributed by atoms with Gasteiger partial charge < -0.3 is 9.64 Å². The monoisotopic (exact) mass is 414 g/mol. The van der Waals surface area contributed by atoms with Gasteiger partial charge in [0.1, 0.15) is 0 Å². The highest BCUT2D eigenvalue weighted by atomic mass is 32.2. The lowest BCUT2D eigenvalue weighted by atomic mass is 10.2. The van der Waals surface area contributed by atoms with Crippen molar-refractivity contribution in [1.29, 1.82) is 0 Å². The van der Waals surface area contributed by atoms with Gasteiger partial charge in [-0.1, -0.05) is 12.1 Å². The number of nitrogens with zero attached hydrogens (tertiary/aromatic N) is 2. The van der Waals surface area contributed by atoms with Gasteiger partial charge in [0.2, 0.25) is 10.0 Å². The number of ether oxygens (including phenoxy) is 1. The van der Waals surface area contributed by atoms with Gasteiger partial charge in [0, 0.05) is 32.4 Å². The van der Waals surface area contributed by atoms with Crippen LogP contribution in [-0.2, 0) is 27.5 Å². The average molecular weight is 414 g/mol. The summed E-state index contributed by atoms with van der Waals surface area (Å²) in [6, 6.07) is 11.1. The Hall–Kier alpha value is -2.10. The number of morpholine rings is 1. The molecule has 1 heterocycles. The van der Waals surface area contributed by atoms with E-state index in [2.05, 4.69) is 4.90 Å². The lowest BCUT2D eigenvalue weighted by molar-refractivity contribution is -0.137. The number of benzene rings is 2. The molecule has 0 atom stereocenters. The molecule has 1 fully saturated rings. The molecule has 0 spiro atoms. The number of sulfonamides is 1. The van der Waals surface area contributed by atoms with E-state index in [1.54, 1.807) is 0 Å². The molecular formula is C19H21F3N2O3S. The molecule has 28 heavy (non-hydrogen) atoms. The van der Waals surface area contributed by atoms with Crippen LogP contribution in [-0.4, -0.2) is 46.1 Å². The topological polar surface area (TPSA) is 49.9 Å². The minimum atomic E-state index is -4.50. The highest BCUT2D eigenvalue weighted by Crippen LogP contribution is 2.30. The van der Waals surface area contributed by atoms with Crippen molar-refractivity contribution in [3.05, 3.63) is 59.7 Å². The first kappa shape index (κ1) is 20.6. The van der Waals surface area contributed by atoms with Crippen molar-refractivity contribution in [2.75, 3.05) is 38.3 Å². The zero-order valence-corrected chi connectivity index (χ0v) is 16.1. The Morgan fingerprint density at radius 3 is 2.11 bits per heavy atom. The predicted octanol–water partition coefficient (Wildman–Crippen LogP) is 3.36. The summed E-state index contributed by atoms with van der Waals surface area (Å²) in [6.45, 7) is 3.08. The van der Waals surface area contributed by atoms with Gasteiger partial charge in [0.05, 0.1) is 23.7 Å². The quantitative estimate of drug-likeness (QED) is 0.753. The third kappa shape index (κ3) is 4.65. The van der Waals surface area contributed by atoms with Crippen LogP contribution in [0.5, 0.6) is 0 Å². The molecule has 9 heteroatoms. The third-order valence-electron chi connectivity index (χ3n) is 4.61. The van der Waals surface area contributed by atoms with Crippen LogP contribution in [0.1, 0.15) is 11.1 Å². The van der Waals surface area contributed by atoms with Gasteiger partial charge in [-0.3, -0.25) is 0 Å². The van der Waals surface area contributed by atoms with Crippen molar-refractivity contribution in [2.45, 2.75) is 17.6 Å². The van der Waals surface area contributed by atoms with E-state index in [-0.39, 0.29) is 11.4 Å². The van der Waals surface area contributed by atoms with E-state index in [0.717, 1.165) is 52.9 Å². The van der Waals surface area contributed by atoms with E-state index < -0.39 is 21.8 Å². The van der Waals surface area contributed by atoms with Crippen LogP contribution in [0, 0.1) is 0 Å². The smallest absolute Gasteiger partial charge is 0.378 e. The molecule has 0 aromatic heterocycles. The molecule has 2 aromatic rings. The molecule has 2 aromatic carbocycles. The van der Waals surface area contributed by atoms with Gasteiger partial charge in [-0.05, 0) is 42.0 Å². The van der Waals surface area contributed by atoms with Crippen LogP contribution in [0.4, 0.5) is 18.9 Å². The van der Waals surface area contributed by atoms with E-state index in [0.29, 0.717) is 13.2 Å². The summed E-state index contributed by atoms with van der Waals surface area (Å²) >= 11 is 0. The number of hydrogen-bond acceptors (Lipinski definition) is 4. The molecule has 0 radical (unpaired) electrons. The summed E-state index contributed by atoms with van der Waals surface area (Å²) in [5.74, 6) is 0. The molecule has 0 unspecified atom stereocenters. The normalized spacial score (nSPS) is 15.8. The van der Waals surface area contributed by atoms with Crippen molar-refractivity contribution in [2.24, 2.45) is 0 Å². The fraction of sp³-hybridized carbons (Fsp3) is 0.368. The molecule has 152 valence electrons. The maximum Gasteiger partial charge on any atom is 0.416 e. The van der Waals surface area contributed by atoms with E-state index in [4.69, 9.17) is 4.74 Å². The van der Waals surface area contributed by atoms with Crippen molar-refractivity contribution in [1.82, 2.24) is 4.31 Å². The summed E-state index contributed by atoms with van der Waals surface area (Å²) in [7, 11) is -2.49. The van der Waals surface area contributed by atoms with Crippen LogP contribution in [0.25, 0.3) is 0 Å². The fourth-order valence-corrected chi connectivity index (χ4v) is 4.13.